The smallest absolute Gasteiger partial charge is 0.343 e. The summed E-state index contributed by atoms with van der Waals surface area (Å²) in [5.74, 6) is 0.817. The Hall–Kier alpha value is -1.79. The fourth-order valence-corrected chi connectivity index (χ4v) is 1.97. The van der Waals surface area contributed by atoms with Crippen molar-refractivity contribution in [1.82, 2.24) is 5.32 Å². The Labute approximate surface area is 142 Å². The zero-order valence-corrected chi connectivity index (χ0v) is 14.2. The molecular formula is C16H23ClN2O4. The lowest BCUT2D eigenvalue weighted by molar-refractivity contribution is -0.142. The van der Waals surface area contributed by atoms with Gasteiger partial charge >= 0.3 is 5.97 Å². The van der Waals surface area contributed by atoms with Crippen LogP contribution in [0.3, 0.4) is 0 Å². The van der Waals surface area contributed by atoms with Crippen molar-refractivity contribution in [3.05, 3.63) is 23.8 Å². The number of benzene rings is 1. The maximum absolute atomic E-state index is 11.8. The summed E-state index contributed by atoms with van der Waals surface area (Å²) < 4.78 is 9.81. The van der Waals surface area contributed by atoms with Gasteiger partial charge in [-0.1, -0.05) is 0 Å². The van der Waals surface area contributed by atoms with E-state index >= 15 is 0 Å². The van der Waals surface area contributed by atoms with Gasteiger partial charge in [-0.2, -0.15) is 0 Å². The minimum atomic E-state index is -0.434. The number of halogens is 1. The molecule has 1 aromatic rings. The number of nitrogens with one attached hydrogen (secondary N) is 2. The van der Waals surface area contributed by atoms with Gasteiger partial charge in [0.05, 0.1) is 13.7 Å². The van der Waals surface area contributed by atoms with E-state index in [1.807, 2.05) is 6.92 Å². The van der Waals surface area contributed by atoms with Crippen LogP contribution in [0.1, 0.15) is 18.4 Å². The molecule has 0 unspecified atom stereocenters. The Morgan fingerprint density at radius 3 is 2.65 bits per heavy atom. The van der Waals surface area contributed by atoms with Crippen molar-refractivity contribution in [3.63, 3.8) is 0 Å². The average molecular weight is 343 g/mol. The number of hydrogen-bond donors (Lipinski definition) is 2. The number of amides is 1. The molecule has 0 saturated heterocycles. The molecule has 0 heterocycles. The topological polar surface area (TPSA) is 76.7 Å². The van der Waals surface area contributed by atoms with Gasteiger partial charge in [0, 0.05) is 5.69 Å². The third kappa shape index (κ3) is 6.88. The molecule has 1 aliphatic carbocycles. The molecule has 0 bridgehead atoms. The van der Waals surface area contributed by atoms with Gasteiger partial charge < -0.3 is 20.1 Å². The second-order valence-electron chi connectivity index (χ2n) is 5.46. The monoisotopic (exact) mass is 342 g/mol. The maximum Gasteiger partial charge on any atom is 0.343 e. The summed E-state index contributed by atoms with van der Waals surface area (Å²) in [6, 6.07) is 5.25. The molecule has 2 rings (SSSR count). The lowest BCUT2D eigenvalue weighted by Crippen LogP contribution is -2.29. The molecular weight excluding hydrogens is 320 g/mol. The lowest BCUT2D eigenvalue weighted by atomic mass is 10.2. The van der Waals surface area contributed by atoms with Crippen LogP contribution in [0, 0.1) is 12.8 Å². The molecule has 23 heavy (non-hydrogen) atoms. The Balaban J connectivity index is 0.00000264. The van der Waals surface area contributed by atoms with Crippen molar-refractivity contribution in [1.29, 1.82) is 0 Å². The SMILES string of the molecule is COC(=O)COc1ccc(NC(=O)CNCC2CC2)c(C)c1.Cl. The minimum Gasteiger partial charge on any atom is -0.482 e. The molecule has 2 N–H and O–H groups in total. The fourth-order valence-electron chi connectivity index (χ4n) is 1.97. The first kappa shape index (κ1) is 19.3. The second-order valence-corrected chi connectivity index (χ2v) is 5.46. The van der Waals surface area contributed by atoms with Gasteiger partial charge in [0.2, 0.25) is 5.91 Å². The molecule has 128 valence electrons. The van der Waals surface area contributed by atoms with E-state index in [0.29, 0.717) is 12.3 Å². The largest absolute Gasteiger partial charge is 0.482 e. The van der Waals surface area contributed by atoms with Crippen molar-refractivity contribution in [2.45, 2.75) is 19.8 Å². The number of rotatable bonds is 8. The van der Waals surface area contributed by atoms with E-state index in [9.17, 15) is 9.59 Å². The van der Waals surface area contributed by atoms with E-state index in [1.54, 1.807) is 18.2 Å². The van der Waals surface area contributed by atoms with Crippen LogP contribution in [-0.4, -0.2) is 38.7 Å². The van der Waals surface area contributed by atoms with E-state index < -0.39 is 5.97 Å². The predicted molar refractivity (Wildman–Crippen MR) is 90.2 cm³/mol. The molecule has 1 saturated carbocycles. The van der Waals surface area contributed by atoms with E-state index in [2.05, 4.69) is 15.4 Å². The highest BCUT2D eigenvalue weighted by atomic mass is 35.5. The molecule has 1 amide bonds. The average Bonchev–Trinajstić information content (AvgIpc) is 3.31. The molecule has 0 radical (unpaired) electrons. The first-order valence-electron chi connectivity index (χ1n) is 7.39. The highest BCUT2D eigenvalue weighted by Crippen LogP contribution is 2.27. The summed E-state index contributed by atoms with van der Waals surface area (Å²) in [6.45, 7) is 2.97. The minimum absolute atomic E-state index is 0. The van der Waals surface area contributed by atoms with E-state index in [1.165, 1.54) is 20.0 Å². The van der Waals surface area contributed by atoms with Gasteiger partial charge in [0.1, 0.15) is 5.75 Å². The van der Waals surface area contributed by atoms with Crippen LogP contribution in [0.4, 0.5) is 5.69 Å². The summed E-state index contributed by atoms with van der Waals surface area (Å²) in [7, 11) is 1.31. The molecule has 0 spiro atoms. The van der Waals surface area contributed by atoms with Crippen LogP contribution in [0.25, 0.3) is 0 Å². The lowest BCUT2D eigenvalue weighted by Gasteiger charge is -2.11. The number of methoxy groups -OCH3 is 1. The van der Waals surface area contributed by atoms with Crippen LogP contribution in [0.5, 0.6) is 5.75 Å². The third-order valence-electron chi connectivity index (χ3n) is 3.47. The molecule has 7 heteroatoms. The number of carbonyl (C=O) groups excluding carboxylic acids is 2. The van der Waals surface area contributed by atoms with E-state index in [0.717, 1.165) is 23.7 Å². The van der Waals surface area contributed by atoms with Crippen molar-refractivity contribution < 1.29 is 19.1 Å². The maximum atomic E-state index is 11.8. The fraction of sp³-hybridized carbons (Fsp3) is 0.500. The molecule has 0 aromatic heterocycles. The zero-order valence-electron chi connectivity index (χ0n) is 13.4. The standard InChI is InChI=1S/C16H22N2O4.ClH/c1-11-7-13(22-10-16(20)21-2)5-6-14(11)18-15(19)9-17-8-12-3-4-12;/h5-7,12,17H,3-4,8-10H2,1-2H3,(H,18,19);1H. The summed E-state index contributed by atoms with van der Waals surface area (Å²) in [4.78, 5) is 22.9. The van der Waals surface area contributed by atoms with Crippen LogP contribution in [0.2, 0.25) is 0 Å². The van der Waals surface area contributed by atoms with Crippen LogP contribution >= 0.6 is 12.4 Å². The van der Waals surface area contributed by atoms with E-state index in [-0.39, 0.29) is 24.9 Å². The molecule has 0 atom stereocenters. The predicted octanol–water partition coefficient (Wildman–Crippen LogP) is 1.91. The highest BCUT2D eigenvalue weighted by Gasteiger charge is 2.20. The molecule has 1 aliphatic rings. The van der Waals surface area contributed by atoms with Crippen molar-refractivity contribution in [2.24, 2.45) is 5.92 Å². The quantitative estimate of drug-likeness (QED) is 0.706. The summed E-state index contributed by atoms with van der Waals surface area (Å²) in [6.07, 6.45) is 2.53. The highest BCUT2D eigenvalue weighted by molar-refractivity contribution is 5.93. The second kappa shape index (κ2) is 9.37. The number of hydrogen-bond acceptors (Lipinski definition) is 5. The van der Waals surface area contributed by atoms with Crippen molar-refractivity contribution in [2.75, 3.05) is 32.1 Å². The number of anilines is 1. The zero-order chi connectivity index (χ0) is 15.9. The third-order valence-corrected chi connectivity index (χ3v) is 3.47. The summed E-state index contributed by atoms with van der Waals surface area (Å²) >= 11 is 0. The number of aryl methyl sites for hydroxylation is 1. The number of esters is 1. The Bertz CT molecular complexity index is 547. The van der Waals surface area contributed by atoms with Gasteiger partial charge in [-0.05, 0) is 56.0 Å². The first-order valence-corrected chi connectivity index (χ1v) is 7.39. The Kier molecular flexibility index (Phi) is 7.85. The van der Waals surface area contributed by atoms with Crippen molar-refractivity contribution in [3.8, 4) is 5.75 Å². The number of carbonyl (C=O) groups is 2. The summed E-state index contributed by atoms with van der Waals surface area (Å²) in [5.41, 5.74) is 1.61. The van der Waals surface area contributed by atoms with Gasteiger partial charge in [0.25, 0.3) is 0 Å². The Morgan fingerprint density at radius 1 is 1.30 bits per heavy atom. The normalized spacial score (nSPS) is 13.0. The molecule has 6 nitrogen and oxygen atoms in total. The van der Waals surface area contributed by atoms with Gasteiger partial charge in [-0.3, -0.25) is 4.79 Å². The van der Waals surface area contributed by atoms with Crippen LogP contribution in [0.15, 0.2) is 18.2 Å². The van der Waals surface area contributed by atoms with E-state index in [4.69, 9.17) is 4.74 Å². The first-order chi connectivity index (χ1) is 10.6. The summed E-state index contributed by atoms with van der Waals surface area (Å²) in [5, 5.41) is 6.01. The van der Waals surface area contributed by atoms with Gasteiger partial charge in [-0.25, -0.2) is 4.79 Å². The van der Waals surface area contributed by atoms with Crippen LogP contribution in [-0.2, 0) is 14.3 Å². The Morgan fingerprint density at radius 2 is 2.04 bits per heavy atom. The van der Waals surface area contributed by atoms with Crippen molar-refractivity contribution >= 4 is 30.0 Å². The van der Waals surface area contributed by atoms with Gasteiger partial charge in [0.15, 0.2) is 6.61 Å². The van der Waals surface area contributed by atoms with Crippen LogP contribution < -0.4 is 15.4 Å². The molecule has 1 fully saturated rings. The molecule has 0 aliphatic heterocycles. The van der Waals surface area contributed by atoms with Gasteiger partial charge in [-0.15, -0.1) is 12.4 Å². The number of ether oxygens (including phenoxy) is 2. The molecule has 1 aromatic carbocycles.